The molecule has 0 unspecified atom stereocenters. The van der Waals surface area contributed by atoms with Crippen molar-refractivity contribution in [1.29, 1.82) is 0 Å². The van der Waals surface area contributed by atoms with Crippen molar-refractivity contribution in [3.8, 4) is 11.1 Å². The van der Waals surface area contributed by atoms with Crippen LogP contribution in [0, 0.1) is 5.41 Å². The van der Waals surface area contributed by atoms with Crippen molar-refractivity contribution >= 4 is 16.9 Å². The molecule has 34 heavy (non-hydrogen) atoms. The number of para-hydroxylation sites is 2. The first-order valence-electron chi connectivity index (χ1n) is 11.5. The molecule has 0 spiro atoms. The highest BCUT2D eigenvalue weighted by Gasteiger charge is 2.35. The molecule has 1 amide bonds. The molecular weight excluding hydrogens is 446 g/mol. The van der Waals surface area contributed by atoms with Gasteiger partial charge in [0.25, 0.3) is 5.91 Å². The topological polar surface area (TPSA) is 58.1 Å². The molecule has 2 N–H and O–H groups in total. The van der Waals surface area contributed by atoms with Gasteiger partial charge in [-0.15, -0.1) is 0 Å². The van der Waals surface area contributed by atoms with Gasteiger partial charge in [0.15, 0.2) is 23.6 Å². The zero-order valence-electron chi connectivity index (χ0n) is 19.7. The first kappa shape index (κ1) is 24.0. The molecule has 0 aliphatic heterocycles. The molecule has 3 aromatic carbocycles. The number of nitrogens with zero attached hydrogens (tertiary/aromatic N) is 2. The van der Waals surface area contributed by atoms with Gasteiger partial charge < -0.3 is 22.8 Å². The second-order valence-corrected chi connectivity index (χ2v) is 9.89. The second kappa shape index (κ2) is 9.24. The molecule has 1 heterocycles. The van der Waals surface area contributed by atoms with E-state index in [1.807, 2.05) is 37.5 Å². The molecule has 0 saturated heterocycles. The van der Waals surface area contributed by atoms with Gasteiger partial charge in [-0.1, -0.05) is 81.4 Å². The largest absolute Gasteiger partial charge is 1.00 e. The summed E-state index contributed by atoms with van der Waals surface area (Å²) < 4.78 is 4.28. The van der Waals surface area contributed by atoms with E-state index in [0.717, 1.165) is 11.0 Å². The minimum absolute atomic E-state index is 0. The van der Waals surface area contributed by atoms with E-state index in [0.29, 0.717) is 0 Å². The summed E-state index contributed by atoms with van der Waals surface area (Å²) in [4.78, 5) is 12.9. The van der Waals surface area contributed by atoms with Crippen molar-refractivity contribution in [2.45, 2.75) is 39.4 Å². The minimum atomic E-state index is -0.299. The summed E-state index contributed by atoms with van der Waals surface area (Å²) in [7, 11) is 0. The maximum Gasteiger partial charge on any atom is 0.262 e. The molecule has 0 fully saturated rings. The standard InChI is InChI=1S/C28H29N3O2.ClH/c1-28(2,3)25(17-32)29-26(33)16-30-18-31(24-15-9-8-14-23(24)30)27-21-12-6-4-10-19(21)20-11-5-7-13-22(20)27;/h4-15,18,25,27,32H,16-17H2,1-3H3;1H/t25-;/m1./s1. The quantitative estimate of drug-likeness (QED) is 0.374. The summed E-state index contributed by atoms with van der Waals surface area (Å²) in [5.74, 6) is -0.107. The fourth-order valence-electron chi connectivity index (χ4n) is 4.89. The van der Waals surface area contributed by atoms with Crippen molar-refractivity contribution in [1.82, 2.24) is 9.88 Å². The lowest BCUT2D eigenvalue weighted by Crippen LogP contribution is -3.00. The molecule has 1 aromatic heterocycles. The van der Waals surface area contributed by atoms with Gasteiger partial charge in [-0.3, -0.25) is 4.79 Å². The third-order valence-electron chi connectivity index (χ3n) is 6.69. The monoisotopic (exact) mass is 475 g/mol. The maximum atomic E-state index is 12.9. The Morgan fingerprint density at radius 1 is 0.971 bits per heavy atom. The fourth-order valence-corrected chi connectivity index (χ4v) is 4.89. The van der Waals surface area contributed by atoms with E-state index in [1.54, 1.807) is 0 Å². The Kier molecular flexibility index (Phi) is 6.52. The molecule has 176 valence electrons. The molecule has 1 aliphatic carbocycles. The van der Waals surface area contributed by atoms with Crippen LogP contribution in [0.1, 0.15) is 37.9 Å². The Morgan fingerprint density at radius 3 is 2.12 bits per heavy atom. The number of fused-ring (bicyclic) bond motifs is 4. The van der Waals surface area contributed by atoms with E-state index in [9.17, 15) is 9.90 Å². The Labute approximate surface area is 206 Å². The Balaban J connectivity index is 0.00000274. The number of halogens is 1. The van der Waals surface area contributed by atoms with Gasteiger partial charge >= 0.3 is 0 Å². The average Bonchev–Trinajstić information content (AvgIpc) is 3.32. The van der Waals surface area contributed by atoms with Crippen molar-refractivity contribution in [3.05, 3.63) is 90.3 Å². The van der Waals surface area contributed by atoms with Crippen LogP contribution in [0.25, 0.3) is 22.2 Å². The Morgan fingerprint density at radius 2 is 1.53 bits per heavy atom. The SMILES string of the molecule is CC(C)(C)[C@@H](CO)NC(=O)C[n+]1cn(C2c3ccccc3-c3ccccc32)c2ccccc21.[Cl-]. The van der Waals surface area contributed by atoms with Crippen LogP contribution < -0.4 is 22.3 Å². The molecular formula is C28H30ClN3O2. The number of nitrogens with one attached hydrogen (secondary N) is 1. The van der Waals surface area contributed by atoms with Gasteiger partial charge in [0.2, 0.25) is 6.33 Å². The van der Waals surface area contributed by atoms with Crippen LogP contribution in [-0.2, 0) is 11.3 Å². The molecule has 1 atom stereocenters. The lowest BCUT2D eigenvalue weighted by atomic mass is 9.87. The van der Waals surface area contributed by atoms with Crippen LogP contribution in [0.5, 0.6) is 0 Å². The molecule has 1 aliphatic rings. The Bertz CT molecular complexity index is 1290. The number of aromatic nitrogens is 2. The second-order valence-electron chi connectivity index (χ2n) is 9.89. The number of hydrogen-bond acceptors (Lipinski definition) is 2. The maximum absolute atomic E-state index is 12.9. The van der Waals surface area contributed by atoms with E-state index < -0.39 is 0 Å². The molecule has 6 heteroatoms. The van der Waals surface area contributed by atoms with Crippen LogP contribution in [0.2, 0.25) is 0 Å². The van der Waals surface area contributed by atoms with Crippen LogP contribution in [-0.4, -0.2) is 28.2 Å². The summed E-state index contributed by atoms with van der Waals surface area (Å²) >= 11 is 0. The first-order valence-corrected chi connectivity index (χ1v) is 11.5. The summed E-state index contributed by atoms with van der Waals surface area (Å²) in [5, 5.41) is 12.8. The number of hydrogen-bond donors (Lipinski definition) is 2. The van der Waals surface area contributed by atoms with Gasteiger partial charge in [0.1, 0.15) is 0 Å². The zero-order chi connectivity index (χ0) is 23.2. The molecule has 5 rings (SSSR count). The third-order valence-corrected chi connectivity index (χ3v) is 6.69. The summed E-state index contributed by atoms with van der Waals surface area (Å²) in [6.45, 7) is 6.15. The van der Waals surface area contributed by atoms with Crippen LogP contribution in [0.15, 0.2) is 79.1 Å². The number of aliphatic hydroxyl groups is 1. The summed E-state index contributed by atoms with van der Waals surface area (Å²) in [6.07, 6.45) is 2.05. The normalized spacial score (nSPS) is 13.8. The summed E-state index contributed by atoms with van der Waals surface area (Å²) in [6, 6.07) is 25.1. The number of carbonyl (C=O) groups is 1. The van der Waals surface area contributed by atoms with Crippen LogP contribution in [0.3, 0.4) is 0 Å². The van der Waals surface area contributed by atoms with Gasteiger partial charge in [0.05, 0.1) is 12.6 Å². The number of aliphatic hydroxyl groups excluding tert-OH is 1. The number of imidazole rings is 1. The van der Waals surface area contributed by atoms with Crippen molar-refractivity contribution < 1.29 is 26.9 Å². The van der Waals surface area contributed by atoms with Gasteiger partial charge in [0, 0.05) is 11.1 Å². The lowest BCUT2D eigenvalue weighted by Gasteiger charge is -2.29. The molecule has 5 nitrogen and oxygen atoms in total. The van der Waals surface area contributed by atoms with Gasteiger partial charge in [-0.05, 0) is 28.7 Å². The summed E-state index contributed by atoms with van der Waals surface area (Å²) in [5.41, 5.74) is 6.92. The zero-order valence-corrected chi connectivity index (χ0v) is 20.5. The first-order chi connectivity index (χ1) is 15.9. The van der Waals surface area contributed by atoms with Crippen molar-refractivity contribution in [2.24, 2.45) is 5.41 Å². The van der Waals surface area contributed by atoms with Crippen LogP contribution in [0.4, 0.5) is 0 Å². The highest BCUT2D eigenvalue weighted by Crippen LogP contribution is 2.45. The predicted molar refractivity (Wildman–Crippen MR) is 130 cm³/mol. The van der Waals surface area contributed by atoms with E-state index in [4.69, 9.17) is 0 Å². The Hall–Kier alpha value is -3.15. The molecule has 0 radical (unpaired) electrons. The highest BCUT2D eigenvalue weighted by molar-refractivity contribution is 5.81. The van der Waals surface area contributed by atoms with Gasteiger partial charge in [-0.25, -0.2) is 9.13 Å². The van der Waals surface area contributed by atoms with Crippen molar-refractivity contribution in [2.75, 3.05) is 6.61 Å². The van der Waals surface area contributed by atoms with Crippen LogP contribution >= 0.6 is 0 Å². The minimum Gasteiger partial charge on any atom is -1.00 e. The van der Waals surface area contributed by atoms with Crippen molar-refractivity contribution in [3.63, 3.8) is 0 Å². The van der Waals surface area contributed by atoms with E-state index in [2.05, 4.69) is 76.9 Å². The lowest BCUT2D eigenvalue weighted by molar-refractivity contribution is -0.659. The van der Waals surface area contributed by atoms with E-state index in [-0.39, 0.29) is 49.0 Å². The number of amides is 1. The number of benzene rings is 3. The fraction of sp³-hybridized carbons (Fsp3) is 0.286. The van der Waals surface area contributed by atoms with Gasteiger partial charge in [-0.2, -0.15) is 0 Å². The molecule has 0 saturated carbocycles. The number of carbonyl (C=O) groups excluding carboxylic acids is 1. The predicted octanol–water partition coefficient (Wildman–Crippen LogP) is 1.07. The molecule has 4 aromatic rings. The average molecular weight is 476 g/mol. The number of rotatable bonds is 5. The highest BCUT2D eigenvalue weighted by atomic mass is 35.5. The molecule has 0 bridgehead atoms. The van der Waals surface area contributed by atoms with E-state index >= 15 is 0 Å². The smallest absolute Gasteiger partial charge is 0.262 e. The third kappa shape index (κ3) is 4.10. The van der Waals surface area contributed by atoms with E-state index in [1.165, 1.54) is 22.3 Å².